The van der Waals surface area contributed by atoms with Gasteiger partial charge in [-0.2, -0.15) is 0 Å². The molecule has 2 aromatic carbocycles. The maximum Gasteiger partial charge on any atom is 0.252 e. The average molecular weight is 367 g/mol. The summed E-state index contributed by atoms with van der Waals surface area (Å²) in [5, 5.41) is 13.8. The summed E-state index contributed by atoms with van der Waals surface area (Å²) >= 11 is 0. The number of hydrogen-bond donors (Lipinski definition) is 2. The lowest BCUT2D eigenvalue weighted by Crippen LogP contribution is -2.53. The highest BCUT2D eigenvalue weighted by Crippen LogP contribution is 2.40. The Labute approximate surface area is 159 Å². The fourth-order valence-electron chi connectivity index (χ4n) is 3.39. The van der Waals surface area contributed by atoms with Crippen molar-refractivity contribution in [2.24, 2.45) is 0 Å². The van der Waals surface area contributed by atoms with E-state index in [0.29, 0.717) is 22.4 Å². The predicted octanol–water partition coefficient (Wildman–Crippen LogP) is 3.51. The van der Waals surface area contributed by atoms with Crippen molar-refractivity contribution in [2.75, 3.05) is 0 Å². The molecule has 1 aliphatic heterocycles. The first-order valence-electron chi connectivity index (χ1n) is 9.01. The summed E-state index contributed by atoms with van der Waals surface area (Å²) in [7, 11) is 0. The summed E-state index contributed by atoms with van der Waals surface area (Å²) in [6.45, 7) is 8.88. The molecule has 2 atom stereocenters. The van der Waals surface area contributed by atoms with Crippen LogP contribution in [-0.2, 0) is 0 Å². The Morgan fingerprint density at radius 3 is 2.52 bits per heavy atom. The molecule has 0 radical (unpaired) electrons. The molecule has 3 rings (SSSR count). The number of carbonyl (C=O) groups excluding carboxylic acids is 2. The van der Waals surface area contributed by atoms with Gasteiger partial charge in [0.25, 0.3) is 5.91 Å². The lowest BCUT2D eigenvalue weighted by atomic mass is 9.85. The van der Waals surface area contributed by atoms with Gasteiger partial charge in [0.1, 0.15) is 17.5 Å². The highest BCUT2D eigenvalue weighted by molar-refractivity contribution is 5.97. The minimum atomic E-state index is -0.971. The van der Waals surface area contributed by atoms with E-state index in [9.17, 15) is 14.7 Å². The monoisotopic (exact) mass is 367 g/mol. The number of Topliss-reactive ketones (excluding diaryl/α,β-unsaturated/α-hetero) is 1. The van der Waals surface area contributed by atoms with E-state index in [1.165, 1.54) is 6.92 Å². The number of amides is 1. The molecule has 2 aromatic rings. The number of fused-ring (bicyclic) bond motifs is 1. The highest BCUT2D eigenvalue weighted by Gasteiger charge is 2.43. The van der Waals surface area contributed by atoms with Gasteiger partial charge in [0, 0.05) is 16.7 Å². The van der Waals surface area contributed by atoms with Crippen LogP contribution >= 0.6 is 0 Å². The Morgan fingerprint density at radius 2 is 1.85 bits per heavy atom. The summed E-state index contributed by atoms with van der Waals surface area (Å²) in [4.78, 5) is 24.7. The van der Waals surface area contributed by atoms with Gasteiger partial charge in [-0.3, -0.25) is 9.59 Å². The van der Waals surface area contributed by atoms with Crippen molar-refractivity contribution in [1.82, 2.24) is 5.32 Å². The summed E-state index contributed by atoms with van der Waals surface area (Å²) in [6, 6.07) is 9.97. The van der Waals surface area contributed by atoms with Gasteiger partial charge in [0.2, 0.25) is 0 Å². The third-order valence-electron chi connectivity index (χ3n) is 5.29. The molecule has 0 saturated heterocycles. The molecule has 1 amide bonds. The van der Waals surface area contributed by atoms with Gasteiger partial charge < -0.3 is 15.2 Å². The minimum absolute atomic E-state index is 0.0864. The van der Waals surface area contributed by atoms with Gasteiger partial charge >= 0.3 is 0 Å². The summed E-state index contributed by atoms with van der Waals surface area (Å²) in [6.07, 6.45) is -0.971. The lowest BCUT2D eigenvalue weighted by molar-refractivity contribution is -0.0627. The second-order valence-electron chi connectivity index (χ2n) is 7.66. The van der Waals surface area contributed by atoms with E-state index in [-0.39, 0.29) is 11.7 Å². The molecular weight excluding hydrogens is 342 g/mol. The van der Waals surface area contributed by atoms with Gasteiger partial charge in [-0.1, -0.05) is 12.1 Å². The molecule has 0 aliphatic carbocycles. The molecule has 0 unspecified atom stereocenters. The van der Waals surface area contributed by atoms with Crippen molar-refractivity contribution in [3.8, 4) is 5.75 Å². The zero-order valence-corrected chi connectivity index (χ0v) is 16.3. The molecule has 5 nitrogen and oxygen atoms in total. The quantitative estimate of drug-likeness (QED) is 0.814. The van der Waals surface area contributed by atoms with Gasteiger partial charge in [-0.25, -0.2) is 0 Å². The average Bonchev–Trinajstić information content (AvgIpc) is 2.60. The molecule has 5 heteroatoms. The molecule has 0 spiro atoms. The third kappa shape index (κ3) is 3.47. The van der Waals surface area contributed by atoms with E-state index in [4.69, 9.17) is 4.74 Å². The Morgan fingerprint density at radius 1 is 1.15 bits per heavy atom. The SMILES string of the molecule is CC(=O)c1ccc2c(c1)[C@H](NC(=O)c1cccc(C)c1C)[C@@H](O)C(C)(C)O2. The number of aliphatic hydroxyl groups excluding tert-OH is 1. The Bertz CT molecular complexity index is 917. The summed E-state index contributed by atoms with van der Waals surface area (Å²) in [5.41, 5.74) is 2.71. The van der Waals surface area contributed by atoms with Crippen LogP contribution in [0.15, 0.2) is 36.4 Å². The number of benzene rings is 2. The number of carbonyl (C=O) groups is 2. The van der Waals surface area contributed by atoms with Gasteiger partial charge in [0.15, 0.2) is 5.78 Å². The molecule has 2 N–H and O–H groups in total. The topological polar surface area (TPSA) is 75.6 Å². The van der Waals surface area contributed by atoms with Crippen molar-refractivity contribution in [3.05, 3.63) is 64.2 Å². The number of aryl methyl sites for hydroxylation is 1. The summed E-state index contributed by atoms with van der Waals surface area (Å²) < 4.78 is 5.91. The van der Waals surface area contributed by atoms with Crippen molar-refractivity contribution in [1.29, 1.82) is 0 Å². The first-order chi connectivity index (χ1) is 12.6. The molecule has 0 aromatic heterocycles. The second-order valence-corrected chi connectivity index (χ2v) is 7.66. The Kier molecular flexibility index (Phi) is 4.82. The first kappa shape index (κ1) is 19.1. The predicted molar refractivity (Wildman–Crippen MR) is 103 cm³/mol. The highest BCUT2D eigenvalue weighted by atomic mass is 16.5. The maximum absolute atomic E-state index is 12.9. The number of ketones is 1. The van der Waals surface area contributed by atoms with Crippen molar-refractivity contribution >= 4 is 11.7 Å². The first-order valence-corrected chi connectivity index (χ1v) is 9.01. The van der Waals surface area contributed by atoms with Crippen LogP contribution in [0, 0.1) is 13.8 Å². The van der Waals surface area contributed by atoms with E-state index >= 15 is 0 Å². The normalized spacial score (nSPS) is 20.4. The molecule has 0 fully saturated rings. The number of rotatable bonds is 3. The number of nitrogens with one attached hydrogen (secondary N) is 1. The van der Waals surface area contributed by atoms with Crippen molar-refractivity contribution < 1.29 is 19.4 Å². The van der Waals surface area contributed by atoms with Crippen molar-refractivity contribution in [3.63, 3.8) is 0 Å². The van der Waals surface area contributed by atoms with Crippen LogP contribution in [0.25, 0.3) is 0 Å². The Balaban J connectivity index is 2.03. The molecule has 0 saturated carbocycles. The van der Waals surface area contributed by atoms with E-state index in [1.54, 1.807) is 38.1 Å². The number of aliphatic hydroxyl groups is 1. The minimum Gasteiger partial charge on any atom is -0.485 e. The van der Waals surface area contributed by atoms with Crippen LogP contribution in [0.4, 0.5) is 0 Å². The van der Waals surface area contributed by atoms with Gasteiger partial charge in [0.05, 0.1) is 6.04 Å². The van der Waals surface area contributed by atoms with Crippen molar-refractivity contribution in [2.45, 2.75) is 52.4 Å². The Hall–Kier alpha value is -2.66. The largest absolute Gasteiger partial charge is 0.485 e. The molecule has 1 heterocycles. The van der Waals surface area contributed by atoms with Crippen LogP contribution in [0.2, 0.25) is 0 Å². The lowest BCUT2D eigenvalue weighted by Gasteiger charge is -2.42. The summed E-state index contributed by atoms with van der Waals surface area (Å²) in [5.74, 6) is 0.204. The van der Waals surface area contributed by atoms with E-state index in [0.717, 1.165) is 11.1 Å². The molecule has 1 aliphatic rings. The maximum atomic E-state index is 12.9. The zero-order chi connectivity index (χ0) is 19.9. The molecule has 27 heavy (non-hydrogen) atoms. The molecule has 0 bridgehead atoms. The third-order valence-corrected chi connectivity index (χ3v) is 5.29. The van der Waals surface area contributed by atoms with E-state index in [1.807, 2.05) is 26.0 Å². The molecular formula is C22H25NO4. The van der Waals surface area contributed by atoms with E-state index in [2.05, 4.69) is 5.32 Å². The standard InChI is InChI=1S/C22H25NO4/c1-12-7-6-8-16(13(12)2)21(26)23-19-17-11-15(14(3)24)9-10-18(17)27-22(4,5)20(19)25/h6-11,19-20,25H,1-5H3,(H,23,26)/t19-,20+/m0/s1. The number of ether oxygens (including phenoxy) is 1. The second kappa shape index (κ2) is 6.82. The number of hydrogen-bond acceptors (Lipinski definition) is 4. The van der Waals surface area contributed by atoms with E-state index < -0.39 is 17.7 Å². The fourth-order valence-corrected chi connectivity index (χ4v) is 3.39. The van der Waals surface area contributed by atoms with Crippen LogP contribution < -0.4 is 10.1 Å². The van der Waals surface area contributed by atoms with Crippen LogP contribution in [0.3, 0.4) is 0 Å². The zero-order valence-electron chi connectivity index (χ0n) is 16.3. The van der Waals surface area contributed by atoms with Gasteiger partial charge in [-0.05, 0) is 70.0 Å². The smallest absolute Gasteiger partial charge is 0.252 e. The van der Waals surface area contributed by atoms with Crippen LogP contribution in [0.5, 0.6) is 5.75 Å². The fraction of sp³-hybridized carbons (Fsp3) is 0.364. The van der Waals surface area contributed by atoms with Crippen LogP contribution in [-0.4, -0.2) is 28.5 Å². The van der Waals surface area contributed by atoms with Gasteiger partial charge in [-0.15, -0.1) is 0 Å². The molecule has 142 valence electrons. The van der Waals surface area contributed by atoms with Crippen LogP contribution in [0.1, 0.15) is 64.2 Å².